The number of hydrogen-bond donors (Lipinski definition) is 5. The van der Waals surface area contributed by atoms with E-state index in [1.807, 2.05) is 6.92 Å². The van der Waals surface area contributed by atoms with Crippen LogP contribution in [0.15, 0.2) is 31.0 Å². The maximum atomic E-state index is 11.6. The van der Waals surface area contributed by atoms with E-state index < -0.39 is 5.91 Å². The molecule has 2 heterocycles. The minimum atomic E-state index is -0.635. The second-order valence-electron chi connectivity index (χ2n) is 8.26. The highest BCUT2D eigenvalue weighted by atomic mass is 35.5. The van der Waals surface area contributed by atoms with Crippen LogP contribution in [0, 0.1) is 11.8 Å². The third-order valence-electron chi connectivity index (χ3n) is 5.77. The van der Waals surface area contributed by atoms with Gasteiger partial charge in [0.1, 0.15) is 17.5 Å². The van der Waals surface area contributed by atoms with E-state index in [4.69, 9.17) is 38.3 Å². The summed E-state index contributed by atoms with van der Waals surface area (Å²) in [6.45, 7) is 7.23. The molecule has 1 saturated heterocycles. The molecule has 206 valence electrons. The molecule has 1 amide bonds. The molecule has 0 spiro atoms. The highest BCUT2D eigenvalue weighted by molar-refractivity contribution is 6.32. The summed E-state index contributed by atoms with van der Waals surface area (Å²) in [6, 6.07) is 4.09. The second kappa shape index (κ2) is 16.9. The molecule has 0 aliphatic carbocycles. The van der Waals surface area contributed by atoms with Crippen molar-refractivity contribution < 1.29 is 14.3 Å². The lowest BCUT2D eigenvalue weighted by atomic mass is 10.0. The van der Waals surface area contributed by atoms with Crippen LogP contribution in [-0.4, -0.2) is 67.7 Å². The fourth-order valence-electron chi connectivity index (χ4n) is 3.73. The van der Waals surface area contributed by atoms with Crippen molar-refractivity contribution in [1.29, 1.82) is 0 Å². The molecule has 8 N–H and O–H groups in total. The first-order chi connectivity index (χ1) is 18.2. The van der Waals surface area contributed by atoms with Crippen molar-refractivity contribution in [2.24, 2.45) is 11.5 Å². The van der Waals surface area contributed by atoms with Crippen molar-refractivity contribution in [3.8, 4) is 11.8 Å². The molecule has 0 bridgehead atoms. The highest BCUT2D eigenvalue weighted by Crippen LogP contribution is 2.29. The summed E-state index contributed by atoms with van der Waals surface area (Å²) in [6.07, 6.45) is 6.72. The normalized spacial score (nSPS) is 14.7. The van der Waals surface area contributed by atoms with Crippen LogP contribution in [0.2, 0.25) is 5.02 Å². The van der Waals surface area contributed by atoms with E-state index in [-0.39, 0.29) is 5.56 Å². The SMILES string of the molecule is C=CC=O.CC/C(=C/N)c1cc(Cl)c(C#Cc2[nH]nc(NC)c2C(N)=O)cc1N.COCC1CCCN1C. The Morgan fingerprint density at radius 3 is 2.58 bits per heavy atom. The molecule has 1 aliphatic rings. The average molecular weight is 544 g/mol. The fraction of sp³-hybridized carbons (Fsp3) is 0.370. The number of methoxy groups -OCH3 is 1. The Balaban J connectivity index is 0.000000456. The van der Waals surface area contributed by atoms with Gasteiger partial charge in [0.2, 0.25) is 0 Å². The van der Waals surface area contributed by atoms with E-state index in [1.54, 1.807) is 26.3 Å². The van der Waals surface area contributed by atoms with Gasteiger partial charge in [-0.15, -0.1) is 0 Å². The molecule has 0 saturated carbocycles. The number of rotatable bonds is 7. The number of aldehydes is 1. The molecule has 10 nitrogen and oxygen atoms in total. The van der Waals surface area contributed by atoms with Crippen LogP contribution in [0.3, 0.4) is 0 Å². The number of nitrogens with zero attached hydrogens (tertiary/aromatic N) is 2. The number of carbonyl (C=O) groups excluding carboxylic acids is 2. The van der Waals surface area contributed by atoms with Crippen LogP contribution in [0.25, 0.3) is 5.57 Å². The lowest BCUT2D eigenvalue weighted by molar-refractivity contribution is -0.104. The zero-order valence-corrected chi connectivity index (χ0v) is 23.2. The molecule has 1 unspecified atom stereocenters. The number of allylic oxidation sites excluding steroid dienone is 2. The van der Waals surface area contributed by atoms with Crippen molar-refractivity contribution in [2.45, 2.75) is 32.2 Å². The molecule has 11 heteroatoms. The van der Waals surface area contributed by atoms with Crippen LogP contribution in [0.4, 0.5) is 11.5 Å². The third-order valence-corrected chi connectivity index (χ3v) is 6.08. The molecular formula is C27H38ClN7O3. The highest BCUT2D eigenvalue weighted by Gasteiger charge is 2.19. The molecule has 1 aromatic carbocycles. The number of halogens is 1. The lowest BCUT2D eigenvalue weighted by Crippen LogP contribution is -2.28. The van der Waals surface area contributed by atoms with Crippen molar-refractivity contribution >= 4 is 40.9 Å². The Bertz CT molecular complexity index is 1180. The van der Waals surface area contributed by atoms with E-state index >= 15 is 0 Å². The number of carbonyl (C=O) groups is 2. The first-order valence-electron chi connectivity index (χ1n) is 12.0. The second-order valence-corrected chi connectivity index (χ2v) is 8.66. The van der Waals surface area contributed by atoms with Gasteiger partial charge in [-0.1, -0.05) is 31.0 Å². The number of anilines is 2. The predicted molar refractivity (Wildman–Crippen MR) is 155 cm³/mol. The van der Waals surface area contributed by atoms with Gasteiger partial charge < -0.3 is 32.2 Å². The maximum Gasteiger partial charge on any atom is 0.255 e. The van der Waals surface area contributed by atoms with Gasteiger partial charge in [0.05, 0.1) is 11.6 Å². The van der Waals surface area contributed by atoms with E-state index in [0.29, 0.717) is 40.1 Å². The van der Waals surface area contributed by atoms with Gasteiger partial charge in [-0.2, -0.15) is 5.10 Å². The summed E-state index contributed by atoms with van der Waals surface area (Å²) in [7, 11) is 5.56. The number of amides is 1. The van der Waals surface area contributed by atoms with Gasteiger partial charge in [0, 0.05) is 37.0 Å². The zero-order valence-electron chi connectivity index (χ0n) is 22.4. The topological polar surface area (TPSA) is 165 Å². The monoisotopic (exact) mass is 543 g/mol. The van der Waals surface area contributed by atoms with Crippen molar-refractivity contribution in [3.05, 3.63) is 58.4 Å². The molecule has 1 atom stereocenters. The quantitative estimate of drug-likeness (QED) is 0.154. The standard InChI is InChI=1S/C17H19ClN6O.C7H15NO.C3H4O/c1-3-9(8-19)11-7-12(18)10(6-13(11)20)4-5-14-15(16(21)25)17(22-2)24-23-14;1-8-5-3-4-7(8)6-9-2;1-2-3-4/h6-8H,3,19-20H2,1-2H3,(H2,21,25)(H2,22,23,24);7H,3-6H2,1-2H3;2-3H,1H2/b9-8-;;. The summed E-state index contributed by atoms with van der Waals surface area (Å²) in [5, 5.41) is 9.82. The number of aromatic amines is 1. The molecule has 1 aliphatic heterocycles. The Morgan fingerprint density at radius 2 is 2.11 bits per heavy atom. The Hall–Kier alpha value is -3.78. The van der Waals surface area contributed by atoms with Crippen LogP contribution >= 0.6 is 11.6 Å². The Kier molecular flexibility index (Phi) is 14.3. The zero-order chi connectivity index (χ0) is 28.7. The van der Waals surface area contributed by atoms with Crippen molar-refractivity contribution in [2.75, 3.05) is 45.4 Å². The first kappa shape index (κ1) is 32.2. The van der Waals surface area contributed by atoms with Gasteiger partial charge in [0.25, 0.3) is 5.91 Å². The molecule has 1 fully saturated rings. The molecule has 38 heavy (non-hydrogen) atoms. The van der Waals surface area contributed by atoms with Crippen molar-refractivity contribution in [1.82, 2.24) is 15.1 Å². The van der Waals surface area contributed by atoms with E-state index in [9.17, 15) is 4.79 Å². The Labute approximate surface area is 229 Å². The summed E-state index contributed by atoms with van der Waals surface area (Å²) in [5.74, 6) is 5.40. The summed E-state index contributed by atoms with van der Waals surface area (Å²) < 4.78 is 5.05. The van der Waals surface area contributed by atoms with Gasteiger partial charge in [-0.05, 0) is 68.8 Å². The van der Waals surface area contributed by atoms with Crippen LogP contribution in [-0.2, 0) is 9.53 Å². The third kappa shape index (κ3) is 9.27. The summed E-state index contributed by atoms with van der Waals surface area (Å²) >= 11 is 6.30. The van der Waals surface area contributed by atoms with Crippen LogP contribution in [0.5, 0.6) is 0 Å². The molecule has 0 radical (unpaired) electrons. The predicted octanol–water partition coefficient (Wildman–Crippen LogP) is 2.99. The maximum absolute atomic E-state index is 11.6. The number of hydrogen-bond acceptors (Lipinski definition) is 8. The Morgan fingerprint density at radius 1 is 1.42 bits per heavy atom. The minimum absolute atomic E-state index is 0.190. The minimum Gasteiger partial charge on any atom is -0.404 e. The van der Waals surface area contributed by atoms with E-state index in [0.717, 1.165) is 24.2 Å². The molecule has 3 rings (SSSR count). The van der Waals surface area contributed by atoms with Crippen molar-refractivity contribution in [3.63, 3.8) is 0 Å². The van der Waals surface area contributed by atoms with E-state index in [2.05, 4.69) is 45.9 Å². The van der Waals surface area contributed by atoms with Crippen LogP contribution in [0.1, 0.15) is 53.4 Å². The number of aromatic nitrogens is 2. The number of benzene rings is 1. The molecule has 2 aromatic rings. The number of nitrogens with one attached hydrogen (secondary N) is 2. The first-order valence-corrected chi connectivity index (χ1v) is 12.4. The van der Waals surface area contributed by atoms with Crippen LogP contribution < -0.4 is 22.5 Å². The number of likely N-dealkylation sites (N-methyl/N-ethyl adjacent to an activating group) is 1. The summed E-state index contributed by atoms with van der Waals surface area (Å²) in [4.78, 5) is 23.0. The van der Waals surface area contributed by atoms with Gasteiger partial charge >= 0.3 is 0 Å². The number of likely N-dealkylation sites (tertiary alicyclic amines) is 1. The fourth-order valence-corrected chi connectivity index (χ4v) is 3.94. The number of nitrogen functional groups attached to an aromatic ring is 1. The molecule has 1 aromatic heterocycles. The smallest absolute Gasteiger partial charge is 0.255 e. The van der Waals surface area contributed by atoms with Gasteiger partial charge in [0.15, 0.2) is 5.82 Å². The number of H-pyrrole nitrogens is 1. The molecular weight excluding hydrogens is 506 g/mol. The van der Waals surface area contributed by atoms with Gasteiger partial charge in [-0.25, -0.2) is 0 Å². The number of ether oxygens (including phenoxy) is 1. The number of nitrogens with two attached hydrogens (primary N) is 3. The van der Waals surface area contributed by atoms with Gasteiger partial charge in [-0.3, -0.25) is 14.7 Å². The largest absolute Gasteiger partial charge is 0.404 e. The number of primary amides is 1. The lowest BCUT2D eigenvalue weighted by Gasteiger charge is -2.17. The average Bonchev–Trinajstić information content (AvgIpc) is 3.52. The summed E-state index contributed by atoms with van der Waals surface area (Å²) in [5.41, 5.74) is 20.3. The van der Waals surface area contributed by atoms with E-state index in [1.165, 1.54) is 31.7 Å².